The molecule has 3 aromatic carbocycles. The summed E-state index contributed by atoms with van der Waals surface area (Å²) < 4.78 is 0. The standard InChI is InChI=1S/C16H9/c1-2-8-13-12(7-1)14-9-3-5-11-6-4-10-15(13)16(11)14/h1,3-10H. The van der Waals surface area contributed by atoms with Crippen LogP contribution in [0.5, 0.6) is 0 Å². The smallest absolute Gasteiger partial charge is 0.00264 e. The SMILES string of the molecule is [c]1ccc2c(c1)-c1cccc3cccc-2c13. The van der Waals surface area contributed by atoms with E-state index < -0.39 is 0 Å². The van der Waals surface area contributed by atoms with Crippen molar-refractivity contribution in [3.8, 4) is 22.3 Å². The highest BCUT2D eigenvalue weighted by Crippen LogP contribution is 2.46. The highest BCUT2D eigenvalue weighted by Gasteiger charge is 2.19. The summed E-state index contributed by atoms with van der Waals surface area (Å²) in [6, 6.07) is 22.4. The average molecular weight is 201 g/mol. The van der Waals surface area contributed by atoms with Gasteiger partial charge in [-0.05, 0) is 45.2 Å². The van der Waals surface area contributed by atoms with Crippen LogP contribution in [0.25, 0.3) is 33.0 Å². The lowest BCUT2D eigenvalue weighted by atomic mass is 10.0. The van der Waals surface area contributed by atoms with E-state index in [1.165, 1.54) is 33.0 Å². The topological polar surface area (TPSA) is 0 Å². The van der Waals surface area contributed by atoms with Crippen LogP contribution in [-0.4, -0.2) is 0 Å². The van der Waals surface area contributed by atoms with Crippen molar-refractivity contribution in [2.75, 3.05) is 0 Å². The second kappa shape index (κ2) is 2.73. The van der Waals surface area contributed by atoms with Crippen LogP contribution in [0.4, 0.5) is 0 Å². The molecule has 0 heterocycles. The Morgan fingerprint density at radius 2 is 1.44 bits per heavy atom. The average Bonchev–Trinajstić information content (AvgIpc) is 2.68. The first kappa shape index (κ1) is 8.12. The quantitative estimate of drug-likeness (QED) is 0.398. The Kier molecular flexibility index (Phi) is 1.39. The van der Waals surface area contributed by atoms with Gasteiger partial charge in [0.25, 0.3) is 0 Å². The summed E-state index contributed by atoms with van der Waals surface area (Å²) in [4.78, 5) is 0. The van der Waals surface area contributed by atoms with Gasteiger partial charge in [-0.3, -0.25) is 0 Å². The third-order valence-corrected chi connectivity index (χ3v) is 3.35. The lowest BCUT2D eigenvalue weighted by molar-refractivity contribution is 1.68. The minimum atomic E-state index is 1.31. The number of fused-ring (bicyclic) bond motifs is 3. The molecule has 0 atom stereocenters. The monoisotopic (exact) mass is 201 g/mol. The molecule has 1 aliphatic carbocycles. The van der Waals surface area contributed by atoms with Crippen molar-refractivity contribution in [2.45, 2.75) is 0 Å². The van der Waals surface area contributed by atoms with E-state index in [2.05, 4.69) is 54.6 Å². The zero-order valence-electron chi connectivity index (χ0n) is 8.70. The molecule has 3 aromatic rings. The maximum Gasteiger partial charge on any atom is -0.00264 e. The Hall–Kier alpha value is -2.08. The summed E-state index contributed by atoms with van der Waals surface area (Å²) in [5.74, 6) is 0. The van der Waals surface area contributed by atoms with Crippen LogP contribution in [0, 0.1) is 6.07 Å². The molecule has 1 aliphatic rings. The second-order valence-electron chi connectivity index (χ2n) is 4.18. The molecule has 0 saturated heterocycles. The molecule has 0 amide bonds. The second-order valence-corrected chi connectivity index (χ2v) is 4.18. The van der Waals surface area contributed by atoms with Crippen LogP contribution >= 0.6 is 0 Å². The van der Waals surface area contributed by atoms with Gasteiger partial charge < -0.3 is 0 Å². The van der Waals surface area contributed by atoms with Gasteiger partial charge in [0.1, 0.15) is 0 Å². The molecule has 0 fully saturated rings. The Morgan fingerprint density at radius 3 is 2.25 bits per heavy atom. The molecule has 0 aromatic heterocycles. The lowest BCUT2D eigenvalue weighted by Crippen LogP contribution is -1.73. The largest absolute Gasteiger partial charge is 0.0610 e. The molecule has 0 unspecified atom stereocenters. The van der Waals surface area contributed by atoms with Crippen LogP contribution in [0.2, 0.25) is 0 Å². The minimum Gasteiger partial charge on any atom is -0.0610 e. The number of benzene rings is 3. The van der Waals surface area contributed by atoms with Gasteiger partial charge in [-0.1, -0.05) is 48.5 Å². The molecule has 16 heavy (non-hydrogen) atoms. The number of rotatable bonds is 0. The van der Waals surface area contributed by atoms with Crippen LogP contribution in [0.15, 0.2) is 54.6 Å². The highest BCUT2D eigenvalue weighted by atomic mass is 14.2. The first-order valence-electron chi connectivity index (χ1n) is 5.48. The molecule has 0 nitrogen and oxygen atoms in total. The van der Waals surface area contributed by atoms with E-state index in [9.17, 15) is 0 Å². The fourth-order valence-electron chi connectivity index (χ4n) is 2.68. The Labute approximate surface area is 94.2 Å². The fraction of sp³-hybridized carbons (Fsp3) is 0. The van der Waals surface area contributed by atoms with Gasteiger partial charge in [-0.2, -0.15) is 0 Å². The molecule has 1 radical (unpaired) electrons. The fourth-order valence-corrected chi connectivity index (χ4v) is 2.68. The van der Waals surface area contributed by atoms with Gasteiger partial charge in [0, 0.05) is 0 Å². The first-order valence-corrected chi connectivity index (χ1v) is 5.48. The molecule has 0 N–H and O–H groups in total. The van der Waals surface area contributed by atoms with Crippen molar-refractivity contribution >= 4 is 10.8 Å². The highest BCUT2D eigenvalue weighted by molar-refractivity contribution is 6.14. The third kappa shape index (κ3) is 0.849. The predicted molar refractivity (Wildman–Crippen MR) is 67.2 cm³/mol. The minimum absolute atomic E-state index is 1.31. The maximum absolute atomic E-state index is 3.17. The summed E-state index contributed by atoms with van der Waals surface area (Å²) in [6.07, 6.45) is 0. The summed E-state index contributed by atoms with van der Waals surface area (Å²) in [7, 11) is 0. The maximum atomic E-state index is 3.17. The molecule has 0 heteroatoms. The van der Waals surface area contributed by atoms with Crippen LogP contribution < -0.4 is 0 Å². The molecule has 0 spiro atoms. The van der Waals surface area contributed by atoms with E-state index in [1.54, 1.807) is 0 Å². The van der Waals surface area contributed by atoms with Crippen LogP contribution in [0.1, 0.15) is 0 Å². The van der Waals surface area contributed by atoms with Gasteiger partial charge >= 0.3 is 0 Å². The molecular weight excluding hydrogens is 192 g/mol. The van der Waals surface area contributed by atoms with E-state index in [1.807, 2.05) is 6.07 Å². The van der Waals surface area contributed by atoms with E-state index in [-0.39, 0.29) is 0 Å². The summed E-state index contributed by atoms with van der Waals surface area (Å²) in [5, 5.41) is 2.71. The predicted octanol–water partition coefficient (Wildman–Crippen LogP) is 4.29. The lowest BCUT2D eigenvalue weighted by Gasteiger charge is -2.00. The molecule has 0 aliphatic heterocycles. The van der Waals surface area contributed by atoms with Gasteiger partial charge in [0.2, 0.25) is 0 Å². The van der Waals surface area contributed by atoms with Crippen molar-refractivity contribution in [1.82, 2.24) is 0 Å². The van der Waals surface area contributed by atoms with Crippen molar-refractivity contribution in [3.05, 3.63) is 60.7 Å². The van der Waals surface area contributed by atoms with Crippen molar-refractivity contribution < 1.29 is 0 Å². The molecule has 73 valence electrons. The van der Waals surface area contributed by atoms with E-state index in [0.29, 0.717) is 0 Å². The molecule has 4 rings (SSSR count). The van der Waals surface area contributed by atoms with Gasteiger partial charge in [0.15, 0.2) is 0 Å². The van der Waals surface area contributed by atoms with Gasteiger partial charge in [-0.15, -0.1) is 0 Å². The zero-order valence-corrected chi connectivity index (χ0v) is 8.70. The van der Waals surface area contributed by atoms with Crippen molar-refractivity contribution in [1.29, 1.82) is 0 Å². The summed E-state index contributed by atoms with van der Waals surface area (Å²) >= 11 is 0. The van der Waals surface area contributed by atoms with Crippen molar-refractivity contribution in [2.24, 2.45) is 0 Å². The van der Waals surface area contributed by atoms with E-state index >= 15 is 0 Å². The molecule has 0 bridgehead atoms. The Morgan fingerprint density at radius 1 is 0.688 bits per heavy atom. The molecule has 0 saturated carbocycles. The number of hydrogen-bond acceptors (Lipinski definition) is 0. The summed E-state index contributed by atoms with van der Waals surface area (Å²) in [6.45, 7) is 0. The first-order chi connectivity index (χ1) is 7.95. The summed E-state index contributed by atoms with van der Waals surface area (Å²) in [5.41, 5.74) is 5.36. The van der Waals surface area contributed by atoms with Gasteiger partial charge in [-0.25, -0.2) is 0 Å². The molecular formula is C16H9. The van der Waals surface area contributed by atoms with Crippen LogP contribution in [-0.2, 0) is 0 Å². The zero-order chi connectivity index (χ0) is 10.5. The van der Waals surface area contributed by atoms with Gasteiger partial charge in [0.05, 0.1) is 0 Å². The number of hydrogen-bond donors (Lipinski definition) is 0. The Bertz CT molecular complexity index is 650. The normalized spacial score (nSPS) is 11.8. The van der Waals surface area contributed by atoms with E-state index in [4.69, 9.17) is 0 Å². The van der Waals surface area contributed by atoms with Crippen LogP contribution in [0.3, 0.4) is 0 Å². The van der Waals surface area contributed by atoms with E-state index in [0.717, 1.165) is 0 Å². The van der Waals surface area contributed by atoms with Crippen molar-refractivity contribution in [3.63, 3.8) is 0 Å². The third-order valence-electron chi connectivity index (χ3n) is 3.35. The Balaban J connectivity index is 2.31.